The van der Waals surface area contributed by atoms with Gasteiger partial charge in [-0.05, 0) is 67.6 Å². The van der Waals surface area contributed by atoms with Crippen LogP contribution in [-0.2, 0) is 4.79 Å². The molecule has 2 aliphatic heterocycles. The summed E-state index contributed by atoms with van der Waals surface area (Å²) in [4.78, 5) is 14.2. The van der Waals surface area contributed by atoms with Gasteiger partial charge in [-0.15, -0.1) is 0 Å². The molecule has 4 bridgehead atoms. The Hall–Kier alpha value is -1.62. The highest BCUT2D eigenvalue weighted by atomic mass is 19.1. The molecule has 4 nitrogen and oxygen atoms in total. The van der Waals surface area contributed by atoms with Gasteiger partial charge in [-0.1, -0.05) is 6.07 Å². The van der Waals surface area contributed by atoms with E-state index < -0.39 is 17.8 Å². The number of nitrogens with zero attached hydrogens (tertiary/aromatic N) is 1. The molecule has 1 aromatic rings. The van der Waals surface area contributed by atoms with Gasteiger partial charge in [0.1, 0.15) is 6.04 Å². The van der Waals surface area contributed by atoms with Crippen LogP contribution in [0.2, 0.25) is 0 Å². The summed E-state index contributed by atoms with van der Waals surface area (Å²) < 4.78 is 19.1. The van der Waals surface area contributed by atoms with Crippen molar-refractivity contribution in [1.82, 2.24) is 4.90 Å². The zero-order chi connectivity index (χ0) is 16.8. The van der Waals surface area contributed by atoms with Crippen LogP contribution in [0.3, 0.4) is 0 Å². The van der Waals surface area contributed by atoms with Gasteiger partial charge in [0, 0.05) is 12.6 Å². The number of rotatable bonds is 4. The normalized spacial score (nSPS) is 33.2. The van der Waals surface area contributed by atoms with Crippen molar-refractivity contribution in [3.8, 4) is 5.75 Å². The maximum absolute atomic E-state index is 14.1. The molecule has 0 spiro atoms. The SMILES string of the molecule is COc1ccc(C(C(=O)O)N2CC3CC4CC(C3)CC2C4)cc1F. The third-order valence-corrected chi connectivity index (χ3v) is 6.21. The fourth-order valence-corrected chi connectivity index (χ4v) is 5.47. The van der Waals surface area contributed by atoms with E-state index in [1.807, 2.05) is 0 Å². The summed E-state index contributed by atoms with van der Waals surface area (Å²) in [6, 6.07) is 4.09. The van der Waals surface area contributed by atoms with Crippen molar-refractivity contribution in [3.63, 3.8) is 0 Å². The molecule has 2 saturated heterocycles. The predicted molar refractivity (Wildman–Crippen MR) is 87.4 cm³/mol. The molecule has 1 aromatic carbocycles. The standard InChI is InChI=1S/C19H24FNO3/c1-24-17-3-2-14(9-16(17)20)18(19(22)23)21-10-13-5-11-4-12(6-13)8-15(21)7-11/h2-3,9,11-13,15,18H,4-8,10H2,1H3,(H,22,23). The number of aliphatic carboxylic acids is 1. The molecular formula is C19H24FNO3. The Morgan fingerprint density at radius 2 is 1.88 bits per heavy atom. The number of ether oxygens (including phenoxy) is 1. The molecule has 5 heteroatoms. The molecule has 4 aliphatic rings. The second kappa shape index (κ2) is 6.03. The van der Waals surface area contributed by atoms with E-state index in [0.29, 0.717) is 17.5 Å². The minimum absolute atomic E-state index is 0.152. The maximum atomic E-state index is 14.1. The van der Waals surface area contributed by atoms with E-state index in [2.05, 4.69) is 4.90 Å². The number of hydrogen-bond acceptors (Lipinski definition) is 3. The first-order valence-electron chi connectivity index (χ1n) is 8.87. The Morgan fingerprint density at radius 1 is 1.21 bits per heavy atom. The summed E-state index contributed by atoms with van der Waals surface area (Å²) in [6.07, 6.45) is 5.96. The van der Waals surface area contributed by atoms with Crippen molar-refractivity contribution >= 4 is 5.97 Å². The van der Waals surface area contributed by atoms with E-state index >= 15 is 0 Å². The molecule has 0 aromatic heterocycles. The molecular weight excluding hydrogens is 309 g/mol. The smallest absolute Gasteiger partial charge is 0.325 e. The average Bonchev–Trinajstić information content (AvgIpc) is 2.71. The lowest BCUT2D eigenvalue weighted by atomic mass is 9.68. The molecule has 24 heavy (non-hydrogen) atoms. The lowest BCUT2D eigenvalue weighted by molar-refractivity contribution is -0.145. The maximum Gasteiger partial charge on any atom is 0.325 e. The number of carboxylic acid groups (broad SMARTS) is 1. The van der Waals surface area contributed by atoms with Crippen LogP contribution in [0, 0.1) is 23.6 Å². The monoisotopic (exact) mass is 333 g/mol. The first-order chi connectivity index (χ1) is 11.5. The van der Waals surface area contributed by atoms with Gasteiger partial charge in [-0.25, -0.2) is 4.39 Å². The number of halogens is 1. The van der Waals surface area contributed by atoms with E-state index in [1.165, 1.54) is 38.5 Å². The minimum Gasteiger partial charge on any atom is -0.494 e. The molecule has 3 unspecified atom stereocenters. The van der Waals surface area contributed by atoms with Crippen LogP contribution in [0.4, 0.5) is 4.39 Å². The lowest BCUT2D eigenvalue weighted by Crippen LogP contribution is -2.43. The topological polar surface area (TPSA) is 49.8 Å². The van der Waals surface area contributed by atoms with Crippen LogP contribution < -0.4 is 4.74 Å². The Labute approximate surface area is 141 Å². The molecule has 2 saturated carbocycles. The number of benzene rings is 1. The Bertz CT molecular complexity index is 635. The van der Waals surface area contributed by atoms with Crippen molar-refractivity contribution < 1.29 is 19.0 Å². The van der Waals surface area contributed by atoms with E-state index in [1.54, 1.807) is 6.07 Å². The summed E-state index contributed by atoms with van der Waals surface area (Å²) in [6.45, 7) is 0.822. The number of methoxy groups -OCH3 is 1. The molecule has 130 valence electrons. The molecule has 5 rings (SSSR count). The van der Waals surface area contributed by atoms with E-state index in [-0.39, 0.29) is 5.75 Å². The fourth-order valence-electron chi connectivity index (χ4n) is 5.47. The van der Waals surface area contributed by atoms with E-state index in [4.69, 9.17) is 4.74 Å². The second-order valence-electron chi connectivity index (χ2n) is 7.76. The predicted octanol–water partition coefficient (Wildman–Crippen LogP) is 3.47. The Morgan fingerprint density at radius 3 is 2.46 bits per heavy atom. The number of hydrogen-bond donors (Lipinski definition) is 1. The third kappa shape index (κ3) is 2.69. The Kier molecular flexibility index (Phi) is 3.99. The van der Waals surface area contributed by atoms with Gasteiger partial charge < -0.3 is 9.84 Å². The number of fused-ring (bicyclic) bond motifs is 1. The first-order valence-corrected chi connectivity index (χ1v) is 8.87. The van der Waals surface area contributed by atoms with Crippen LogP contribution >= 0.6 is 0 Å². The summed E-state index contributed by atoms with van der Waals surface area (Å²) in [5.41, 5.74) is 0.516. The summed E-state index contributed by atoms with van der Waals surface area (Å²) in [5, 5.41) is 9.89. The fraction of sp³-hybridized carbons (Fsp3) is 0.632. The zero-order valence-corrected chi connectivity index (χ0v) is 14.0. The van der Waals surface area contributed by atoms with Gasteiger partial charge in [0.05, 0.1) is 7.11 Å². The number of carbonyl (C=O) groups is 1. The number of carboxylic acids is 1. The van der Waals surface area contributed by atoms with Crippen molar-refractivity contribution in [2.24, 2.45) is 17.8 Å². The molecule has 2 aliphatic carbocycles. The van der Waals surface area contributed by atoms with E-state index in [0.717, 1.165) is 31.2 Å². The van der Waals surface area contributed by atoms with Crippen LogP contribution in [0.25, 0.3) is 0 Å². The molecule has 1 N–H and O–H groups in total. The molecule has 4 fully saturated rings. The largest absolute Gasteiger partial charge is 0.494 e. The van der Waals surface area contributed by atoms with Crippen molar-refractivity contribution in [2.45, 2.75) is 44.2 Å². The lowest BCUT2D eigenvalue weighted by Gasteiger charge is -2.40. The van der Waals surface area contributed by atoms with Gasteiger partial charge in [0.2, 0.25) is 0 Å². The van der Waals surface area contributed by atoms with Gasteiger partial charge in [0.15, 0.2) is 11.6 Å². The van der Waals surface area contributed by atoms with Crippen LogP contribution in [-0.4, -0.2) is 35.7 Å². The summed E-state index contributed by atoms with van der Waals surface area (Å²) >= 11 is 0. The molecule has 0 amide bonds. The second-order valence-corrected chi connectivity index (χ2v) is 7.76. The van der Waals surface area contributed by atoms with Crippen LogP contribution in [0.5, 0.6) is 5.75 Å². The highest BCUT2D eigenvalue weighted by molar-refractivity contribution is 5.75. The molecule has 2 heterocycles. The van der Waals surface area contributed by atoms with Gasteiger partial charge in [0.25, 0.3) is 0 Å². The molecule has 3 atom stereocenters. The highest BCUT2D eigenvalue weighted by Crippen LogP contribution is 2.49. The van der Waals surface area contributed by atoms with Crippen molar-refractivity contribution in [3.05, 3.63) is 29.6 Å². The van der Waals surface area contributed by atoms with E-state index in [9.17, 15) is 14.3 Å². The minimum atomic E-state index is -0.888. The van der Waals surface area contributed by atoms with Crippen LogP contribution in [0.1, 0.15) is 43.7 Å². The van der Waals surface area contributed by atoms with Gasteiger partial charge >= 0.3 is 5.97 Å². The quantitative estimate of drug-likeness (QED) is 0.917. The zero-order valence-electron chi connectivity index (χ0n) is 14.0. The molecule has 0 radical (unpaired) electrons. The van der Waals surface area contributed by atoms with Crippen molar-refractivity contribution in [1.29, 1.82) is 0 Å². The van der Waals surface area contributed by atoms with Crippen molar-refractivity contribution in [2.75, 3.05) is 13.7 Å². The van der Waals surface area contributed by atoms with Gasteiger partial charge in [-0.3, -0.25) is 9.69 Å². The Balaban J connectivity index is 1.68. The third-order valence-electron chi connectivity index (χ3n) is 6.21. The highest BCUT2D eigenvalue weighted by Gasteiger charge is 2.46. The summed E-state index contributed by atoms with van der Waals surface area (Å²) in [5.74, 6) is 0.853. The van der Waals surface area contributed by atoms with Crippen LogP contribution in [0.15, 0.2) is 18.2 Å². The van der Waals surface area contributed by atoms with Gasteiger partial charge in [-0.2, -0.15) is 0 Å². The first kappa shape index (κ1) is 15.9. The summed E-state index contributed by atoms with van der Waals surface area (Å²) in [7, 11) is 1.41. The average molecular weight is 333 g/mol.